The minimum atomic E-state index is -0.489. The van der Waals surface area contributed by atoms with E-state index in [1.165, 1.54) is 77.9 Å². The molecule has 0 N–H and O–H groups in total. The summed E-state index contributed by atoms with van der Waals surface area (Å²) in [7, 11) is 0. The largest absolute Gasteiger partial charge is 0.455 e. The Morgan fingerprint density at radius 1 is 0.271 bits per heavy atom. The molecule has 2 nitrogen and oxygen atoms in total. The number of anilines is 3. The maximum Gasteiger partial charge on any atom is 0.143 e. The van der Waals surface area contributed by atoms with Crippen LogP contribution in [0.3, 0.4) is 0 Å². The molecular formula is C68H43NO. The molecule has 0 fully saturated rings. The van der Waals surface area contributed by atoms with Crippen LogP contribution in [0.25, 0.3) is 66.4 Å². The monoisotopic (exact) mass is 889 g/mol. The molecule has 0 unspecified atom stereocenters. The topological polar surface area (TPSA) is 16.4 Å². The molecule has 0 bridgehead atoms. The van der Waals surface area contributed by atoms with Crippen molar-refractivity contribution >= 4 is 39.0 Å². The average molecular weight is 890 g/mol. The highest BCUT2D eigenvalue weighted by molar-refractivity contribution is 6.09. The van der Waals surface area contributed by atoms with E-state index in [-0.39, 0.29) is 0 Å². The molecule has 0 saturated heterocycles. The Kier molecular flexibility index (Phi) is 8.24. The zero-order valence-corrected chi connectivity index (χ0v) is 38.2. The molecule has 0 radical (unpaired) electrons. The van der Waals surface area contributed by atoms with Gasteiger partial charge in [0.2, 0.25) is 0 Å². The quantitative estimate of drug-likeness (QED) is 0.165. The summed E-state index contributed by atoms with van der Waals surface area (Å²) in [5.41, 5.74) is 24.5. The molecule has 3 aliphatic carbocycles. The molecule has 12 aromatic rings. The van der Waals surface area contributed by atoms with Crippen molar-refractivity contribution in [3.05, 3.63) is 305 Å². The van der Waals surface area contributed by atoms with E-state index in [2.05, 4.69) is 260 Å². The standard InChI is InChI=1S/C68H43NO/c1-2-17-45(18-3-1)67(59-27-10-4-19-51(59)52-20-5-11-28-60(52)67)46-35-39-48(40-36-46)69(47-37-33-44(34-38-47)50-25-16-26-57-56-24-9-15-32-65(56)70-66(50)57)49-41-42-64-58(43-49)55-23-8-14-31-63(55)68(64)61-29-12-6-21-53(61)54-22-7-13-30-62(54)68/h1-43H. The Hall–Kier alpha value is -8.98. The normalized spacial score (nSPS) is 13.9. The van der Waals surface area contributed by atoms with E-state index >= 15 is 0 Å². The van der Waals surface area contributed by atoms with Gasteiger partial charge in [-0.3, -0.25) is 0 Å². The van der Waals surface area contributed by atoms with Crippen molar-refractivity contribution in [3.63, 3.8) is 0 Å². The molecule has 0 atom stereocenters. The van der Waals surface area contributed by atoms with E-state index in [0.717, 1.165) is 50.1 Å². The minimum absolute atomic E-state index is 0.414. The lowest BCUT2D eigenvalue weighted by atomic mass is 9.68. The third-order valence-electron chi connectivity index (χ3n) is 15.8. The maximum atomic E-state index is 6.54. The van der Waals surface area contributed by atoms with Gasteiger partial charge in [0.05, 0.1) is 10.8 Å². The lowest BCUT2D eigenvalue weighted by Gasteiger charge is -2.34. The maximum absolute atomic E-state index is 6.54. The van der Waals surface area contributed by atoms with Crippen LogP contribution in [-0.2, 0) is 10.8 Å². The smallest absolute Gasteiger partial charge is 0.143 e. The molecule has 1 heterocycles. The third kappa shape index (κ3) is 5.17. The number of furan rings is 1. The molecule has 3 aliphatic rings. The highest BCUT2D eigenvalue weighted by Crippen LogP contribution is 2.63. The molecule has 70 heavy (non-hydrogen) atoms. The minimum Gasteiger partial charge on any atom is -0.455 e. The van der Waals surface area contributed by atoms with Gasteiger partial charge in [-0.05, 0) is 126 Å². The van der Waals surface area contributed by atoms with Crippen molar-refractivity contribution in [1.82, 2.24) is 0 Å². The highest BCUT2D eigenvalue weighted by atomic mass is 16.3. The summed E-state index contributed by atoms with van der Waals surface area (Å²) in [5.74, 6) is 0. The number of hydrogen-bond acceptors (Lipinski definition) is 2. The molecule has 0 aliphatic heterocycles. The Labute approximate surface area is 407 Å². The SMILES string of the molecule is c1ccc(C2(c3ccc(N(c4ccc(-c5cccc6c5oc5ccccc56)cc4)c4ccc5c(c4)-c4ccccc4C54c5ccccc5-c5ccccc54)cc3)c3ccccc3-c3ccccc32)cc1. The van der Waals surface area contributed by atoms with Crippen molar-refractivity contribution in [3.8, 4) is 44.5 Å². The molecule has 15 rings (SSSR count). The third-order valence-corrected chi connectivity index (χ3v) is 15.8. The Morgan fingerprint density at radius 3 is 1.27 bits per heavy atom. The van der Waals surface area contributed by atoms with Gasteiger partial charge in [-0.15, -0.1) is 0 Å². The van der Waals surface area contributed by atoms with Crippen LogP contribution in [0.2, 0.25) is 0 Å². The van der Waals surface area contributed by atoms with Gasteiger partial charge in [0.1, 0.15) is 11.2 Å². The van der Waals surface area contributed by atoms with Crippen molar-refractivity contribution in [2.75, 3.05) is 4.90 Å². The second kappa shape index (κ2) is 14.8. The Bertz CT molecular complexity index is 3970. The summed E-state index contributed by atoms with van der Waals surface area (Å²) in [6.45, 7) is 0. The fourth-order valence-electron chi connectivity index (χ4n) is 13.0. The van der Waals surface area contributed by atoms with E-state index in [1.54, 1.807) is 0 Å². The highest BCUT2D eigenvalue weighted by Gasteiger charge is 2.52. The second-order valence-electron chi connectivity index (χ2n) is 19.0. The molecule has 11 aromatic carbocycles. The summed E-state index contributed by atoms with van der Waals surface area (Å²) < 4.78 is 6.54. The lowest BCUT2D eigenvalue weighted by molar-refractivity contribution is 0.670. The second-order valence-corrected chi connectivity index (χ2v) is 19.0. The molecular weight excluding hydrogens is 847 g/mol. The van der Waals surface area contributed by atoms with Gasteiger partial charge in [0, 0.05) is 33.4 Å². The Morgan fingerprint density at radius 2 is 0.686 bits per heavy atom. The summed E-state index contributed by atoms with van der Waals surface area (Å²) in [5, 5.41) is 2.26. The summed E-state index contributed by atoms with van der Waals surface area (Å²) in [6.07, 6.45) is 0. The van der Waals surface area contributed by atoms with Crippen LogP contribution < -0.4 is 4.90 Å². The van der Waals surface area contributed by atoms with Gasteiger partial charge in [0.15, 0.2) is 0 Å². The number of benzene rings is 11. The van der Waals surface area contributed by atoms with Crippen LogP contribution in [-0.4, -0.2) is 0 Å². The number of fused-ring (bicyclic) bond motifs is 16. The first-order valence-electron chi connectivity index (χ1n) is 24.3. The van der Waals surface area contributed by atoms with Gasteiger partial charge in [0.25, 0.3) is 0 Å². The predicted octanol–water partition coefficient (Wildman–Crippen LogP) is 17.4. The zero-order valence-electron chi connectivity index (χ0n) is 38.2. The van der Waals surface area contributed by atoms with Gasteiger partial charge in [-0.2, -0.15) is 0 Å². The van der Waals surface area contributed by atoms with Crippen molar-refractivity contribution in [2.45, 2.75) is 10.8 Å². The molecule has 1 spiro atoms. The van der Waals surface area contributed by atoms with Crippen molar-refractivity contribution < 1.29 is 4.42 Å². The summed E-state index contributed by atoms with van der Waals surface area (Å²) in [4.78, 5) is 2.44. The first-order valence-corrected chi connectivity index (χ1v) is 24.3. The van der Waals surface area contributed by atoms with E-state index < -0.39 is 10.8 Å². The fourth-order valence-corrected chi connectivity index (χ4v) is 13.0. The van der Waals surface area contributed by atoms with Crippen molar-refractivity contribution in [2.24, 2.45) is 0 Å². The van der Waals surface area contributed by atoms with E-state index in [9.17, 15) is 0 Å². The van der Waals surface area contributed by atoms with E-state index in [1.807, 2.05) is 6.07 Å². The van der Waals surface area contributed by atoms with Crippen LogP contribution >= 0.6 is 0 Å². The number of para-hydroxylation sites is 2. The van der Waals surface area contributed by atoms with Crippen LogP contribution in [0.15, 0.2) is 265 Å². The fraction of sp³-hybridized carbons (Fsp3) is 0.0294. The molecule has 1 aromatic heterocycles. The van der Waals surface area contributed by atoms with Crippen LogP contribution in [0.1, 0.15) is 44.5 Å². The van der Waals surface area contributed by atoms with Crippen molar-refractivity contribution in [1.29, 1.82) is 0 Å². The molecule has 0 amide bonds. The lowest BCUT2D eigenvalue weighted by Crippen LogP contribution is -2.28. The Balaban J connectivity index is 0.926. The predicted molar refractivity (Wildman–Crippen MR) is 287 cm³/mol. The first kappa shape index (κ1) is 39.1. The zero-order chi connectivity index (χ0) is 46.0. The van der Waals surface area contributed by atoms with Crippen LogP contribution in [0.5, 0.6) is 0 Å². The molecule has 2 heteroatoms. The van der Waals surface area contributed by atoms with Gasteiger partial charge < -0.3 is 9.32 Å². The van der Waals surface area contributed by atoms with Gasteiger partial charge >= 0.3 is 0 Å². The summed E-state index contributed by atoms with van der Waals surface area (Å²) >= 11 is 0. The van der Waals surface area contributed by atoms with Gasteiger partial charge in [-0.25, -0.2) is 0 Å². The molecule has 326 valence electrons. The van der Waals surface area contributed by atoms with Gasteiger partial charge in [-0.1, -0.05) is 218 Å². The number of hydrogen-bond donors (Lipinski definition) is 0. The summed E-state index contributed by atoms with van der Waals surface area (Å²) in [6, 6.07) is 96.6. The van der Waals surface area contributed by atoms with Crippen LogP contribution in [0.4, 0.5) is 17.1 Å². The number of rotatable bonds is 6. The molecule has 0 saturated carbocycles. The first-order chi connectivity index (χ1) is 34.7. The van der Waals surface area contributed by atoms with E-state index in [0.29, 0.717) is 0 Å². The van der Waals surface area contributed by atoms with E-state index in [4.69, 9.17) is 4.42 Å². The number of nitrogens with zero attached hydrogens (tertiary/aromatic N) is 1. The average Bonchev–Trinajstić information content (AvgIpc) is 4.15. The van der Waals surface area contributed by atoms with Crippen LogP contribution in [0, 0.1) is 0 Å².